The Morgan fingerprint density at radius 3 is 2.84 bits per heavy atom. The molecule has 2 rings (SSSR count). The molecular formula is C14H27N3O2. The number of nitrogens with one attached hydrogen (secondary N) is 1. The molecule has 0 spiro atoms. The molecule has 2 fully saturated rings. The Morgan fingerprint density at radius 1 is 1.32 bits per heavy atom. The summed E-state index contributed by atoms with van der Waals surface area (Å²) in [6.45, 7) is 7.15. The minimum absolute atomic E-state index is 0.300. The molecule has 0 aromatic carbocycles. The van der Waals surface area contributed by atoms with E-state index < -0.39 is 0 Å². The number of carbonyl (C=O) groups is 1. The first-order chi connectivity index (χ1) is 9.29. The first-order valence-corrected chi connectivity index (χ1v) is 7.49. The Morgan fingerprint density at radius 2 is 2.11 bits per heavy atom. The maximum absolute atomic E-state index is 12.2. The molecule has 1 amide bonds. The van der Waals surface area contributed by atoms with Crippen LogP contribution >= 0.6 is 0 Å². The minimum Gasteiger partial charge on any atom is -0.385 e. The number of hydrogen-bond donors (Lipinski definition) is 1. The van der Waals surface area contributed by atoms with Gasteiger partial charge in [0.05, 0.1) is 6.54 Å². The number of amides is 1. The highest BCUT2D eigenvalue weighted by Gasteiger charge is 2.24. The summed E-state index contributed by atoms with van der Waals surface area (Å²) in [6.07, 6.45) is 3.61. The van der Waals surface area contributed by atoms with E-state index in [1.807, 2.05) is 4.90 Å². The summed E-state index contributed by atoms with van der Waals surface area (Å²) in [6, 6.07) is 0. The average Bonchev–Trinajstić information content (AvgIpc) is 2.46. The Kier molecular flexibility index (Phi) is 6.07. The van der Waals surface area contributed by atoms with Crippen LogP contribution in [0, 0.1) is 5.92 Å². The van der Waals surface area contributed by atoms with Gasteiger partial charge in [0.15, 0.2) is 0 Å². The van der Waals surface area contributed by atoms with Gasteiger partial charge in [-0.25, -0.2) is 0 Å². The molecular weight excluding hydrogens is 242 g/mol. The molecule has 0 radical (unpaired) electrons. The van der Waals surface area contributed by atoms with E-state index in [1.54, 1.807) is 7.11 Å². The summed E-state index contributed by atoms with van der Waals surface area (Å²) < 4.78 is 5.16. The van der Waals surface area contributed by atoms with Crippen LogP contribution in [0.15, 0.2) is 0 Å². The van der Waals surface area contributed by atoms with Gasteiger partial charge in [0.25, 0.3) is 0 Å². The van der Waals surface area contributed by atoms with Crippen molar-refractivity contribution in [2.24, 2.45) is 5.92 Å². The zero-order valence-electron chi connectivity index (χ0n) is 12.1. The second-order valence-electron chi connectivity index (χ2n) is 5.66. The number of methoxy groups -OCH3 is 1. The van der Waals surface area contributed by atoms with Gasteiger partial charge in [-0.05, 0) is 31.7 Å². The van der Waals surface area contributed by atoms with Crippen LogP contribution in [-0.4, -0.2) is 75.2 Å². The van der Waals surface area contributed by atoms with E-state index in [1.165, 1.54) is 12.8 Å². The van der Waals surface area contributed by atoms with Gasteiger partial charge in [-0.15, -0.1) is 0 Å². The Hall–Kier alpha value is -0.650. The molecule has 0 saturated carbocycles. The molecule has 2 aliphatic heterocycles. The van der Waals surface area contributed by atoms with Gasteiger partial charge in [0, 0.05) is 46.4 Å². The van der Waals surface area contributed by atoms with Gasteiger partial charge in [0.2, 0.25) is 5.91 Å². The van der Waals surface area contributed by atoms with E-state index in [4.69, 9.17) is 4.74 Å². The van der Waals surface area contributed by atoms with Crippen molar-refractivity contribution >= 4 is 5.91 Å². The monoisotopic (exact) mass is 269 g/mol. The number of carbonyl (C=O) groups excluding carboxylic acids is 1. The Balaban J connectivity index is 1.73. The number of ether oxygens (including phenoxy) is 1. The summed E-state index contributed by atoms with van der Waals surface area (Å²) >= 11 is 0. The summed E-state index contributed by atoms with van der Waals surface area (Å²) in [5.74, 6) is 0.999. The smallest absolute Gasteiger partial charge is 0.236 e. The van der Waals surface area contributed by atoms with Gasteiger partial charge in [-0.3, -0.25) is 9.69 Å². The fraction of sp³-hybridized carbons (Fsp3) is 0.929. The van der Waals surface area contributed by atoms with Crippen molar-refractivity contribution in [1.82, 2.24) is 15.1 Å². The lowest BCUT2D eigenvalue weighted by atomic mass is 9.95. The third-order valence-corrected chi connectivity index (χ3v) is 4.16. The summed E-state index contributed by atoms with van der Waals surface area (Å²) in [7, 11) is 1.76. The molecule has 0 aliphatic carbocycles. The van der Waals surface area contributed by atoms with Crippen LogP contribution in [0.2, 0.25) is 0 Å². The predicted molar refractivity (Wildman–Crippen MR) is 75.1 cm³/mol. The molecule has 0 unspecified atom stereocenters. The van der Waals surface area contributed by atoms with Crippen LogP contribution in [0.1, 0.15) is 19.3 Å². The maximum atomic E-state index is 12.2. The van der Waals surface area contributed by atoms with Crippen LogP contribution in [-0.2, 0) is 9.53 Å². The number of nitrogens with zero attached hydrogens (tertiary/aromatic N) is 2. The highest BCUT2D eigenvalue weighted by molar-refractivity contribution is 5.78. The third-order valence-electron chi connectivity index (χ3n) is 4.16. The van der Waals surface area contributed by atoms with Crippen molar-refractivity contribution in [2.45, 2.75) is 19.3 Å². The highest BCUT2D eigenvalue weighted by atomic mass is 16.5. The standard InChI is InChI=1S/C14H27N3O2/c1-19-10-4-13-3-2-7-16(11-13)12-14(18)17-8-5-15-6-9-17/h13,15H,2-12H2,1H3/t13-/m1/s1. The third kappa shape index (κ3) is 4.75. The van der Waals surface area contributed by atoms with Gasteiger partial charge >= 0.3 is 0 Å². The molecule has 110 valence electrons. The van der Waals surface area contributed by atoms with Crippen LogP contribution in [0.25, 0.3) is 0 Å². The molecule has 1 atom stereocenters. The number of likely N-dealkylation sites (tertiary alicyclic amines) is 1. The van der Waals surface area contributed by atoms with E-state index in [-0.39, 0.29) is 0 Å². The van der Waals surface area contributed by atoms with E-state index in [2.05, 4.69) is 10.2 Å². The molecule has 2 saturated heterocycles. The molecule has 2 heterocycles. The average molecular weight is 269 g/mol. The molecule has 5 heteroatoms. The zero-order chi connectivity index (χ0) is 13.5. The topological polar surface area (TPSA) is 44.8 Å². The summed E-state index contributed by atoms with van der Waals surface area (Å²) in [4.78, 5) is 16.5. The fourth-order valence-electron chi connectivity index (χ4n) is 3.02. The van der Waals surface area contributed by atoms with Crippen molar-refractivity contribution in [3.05, 3.63) is 0 Å². The maximum Gasteiger partial charge on any atom is 0.236 e. The van der Waals surface area contributed by atoms with E-state index in [0.29, 0.717) is 18.4 Å². The molecule has 1 N–H and O–H groups in total. The van der Waals surface area contributed by atoms with Gasteiger partial charge in [-0.2, -0.15) is 0 Å². The molecule has 19 heavy (non-hydrogen) atoms. The van der Waals surface area contributed by atoms with Crippen LogP contribution in [0.5, 0.6) is 0 Å². The van der Waals surface area contributed by atoms with E-state index >= 15 is 0 Å². The van der Waals surface area contributed by atoms with Crippen LogP contribution < -0.4 is 5.32 Å². The van der Waals surface area contributed by atoms with Crippen molar-refractivity contribution in [3.8, 4) is 0 Å². The van der Waals surface area contributed by atoms with Crippen molar-refractivity contribution in [2.75, 3.05) is 59.5 Å². The molecule has 0 aromatic heterocycles. The lowest BCUT2D eigenvalue weighted by molar-refractivity contribution is -0.133. The van der Waals surface area contributed by atoms with Gasteiger partial charge in [-0.1, -0.05) is 0 Å². The Labute approximate surface area is 116 Å². The van der Waals surface area contributed by atoms with Gasteiger partial charge in [0.1, 0.15) is 0 Å². The number of piperazine rings is 1. The van der Waals surface area contributed by atoms with Crippen LogP contribution in [0.3, 0.4) is 0 Å². The van der Waals surface area contributed by atoms with Crippen molar-refractivity contribution < 1.29 is 9.53 Å². The van der Waals surface area contributed by atoms with Crippen molar-refractivity contribution in [3.63, 3.8) is 0 Å². The first-order valence-electron chi connectivity index (χ1n) is 7.49. The summed E-state index contributed by atoms with van der Waals surface area (Å²) in [5.41, 5.74) is 0. The van der Waals surface area contributed by atoms with E-state index in [0.717, 1.165) is 52.3 Å². The number of hydrogen-bond acceptors (Lipinski definition) is 4. The lowest BCUT2D eigenvalue weighted by Gasteiger charge is -2.34. The molecule has 0 bridgehead atoms. The normalized spacial score (nSPS) is 25.5. The number of rotatable bonds is 5. The summed E-state index contributed by atoms with van der Waals surface area (Å²) in [5, 5.41) is 3.28. The predicted octanol–water partition coefficient (Wildman–Crippen LogP) is 0.167. The number of piperidine rings is 1. The van der Waals surface area contributed by atoms with E-state index in [9.17, 15) is 4.79 Å². The van der Waals surface area contributed by atoms with Gasteiger partial charge < -0.3 is 15.0 Å². The molecule has 2 aliphatic rings. The SMILES string of the molecule is COCC[C@H]1CCCN(CC(=O)N2CCNCC2)C1. The zero-order valence-corrected chi connectivity index (χ0v) is 12.1. The lowest BCUT2D eigenvalue weighted by Crippen LogP contribution is -2.50. The second kappa shape index (κ2) is 7.82. The Bertz CT molecular complexity index is 280. The second-order valence-corrected chi connectivity index (χ2v) is 5.66. The quantitative estimate of drug-likeness (QED) is 0.772. The van der Waals surface area contributed by atoms with Crippen LogP contribution in [0.4, 0.5) is 0 Å². The van der Waals surface area contributed by atoms with Crippen molar-refractivity contribution in [1.29, 1.82) is 0 Å². The first kappa shape index (κ1) is 14.8. The molecule has 0 aromatic rings. The minimum atomic E-state index is 0.300. The molecule has 5 nitrogen and oxygen atoms in total. The fourth-order valence-corrected chi connectivity index (χ4v) is 3.02. The largest absolute Gasteiger partial charge is 0.385 e. The highest BCUT2D eigenvalue weighted by Crippen LogP contribution is 2.19.